The molecule has 2 heterocycles. The van der Waals surface area contributed by atoms with Gasteiger partial charge < -0.3 is 19.2 Å². The third-order valence-corrected chi connectivity index (χ3v) is 6.27. The van der Waals surface area contributed by atoms with Crippen LogP contribution in [0.1, 0.15) is 36.5 Å². The monoisotopic (exact) mass is 463 g/mol. The lowest BCUT2D eigenvalue weighted by atomic mass is 10.1. The third-order valence-electron chi connectivity index (χ3n) is 4.75. The van der Waals surface area contributed by atoms with Crippen molar-refractivity contribution in [3.8, 4) is 5.75 Å². The largest absolute Gasteiger partial charge is 0.487 e. The Morgan fingerprint density at radius 2 is 2.07 bits per heavy atom. The Morgan fingerprint density at radius 3 is 2.82 bits per heavy atom. The number of nitrogens with one attached hydrogen (secondary N) is 1. The third kappa shape index (κ3) is 4.49. The molecular formula is C21H22BrNO4S. The number of ether oxygens (including phenoxy) is 3. The first-order chi connectivity index (χ1) is 13.7. The summed E-state index contributed by atoms with van der Waals surface area (Å²) in [5.74, 6) is 0.670. The number of rotatable bonds is 7. The van der Waals surface area contributed by atoms with E-state index < -0.39 is 0 Å². The van der Waals surface area contributed by atoms with Crippen LogP contribution in [0.3, 0.4) is 0 Å². The summed E-state index contributed by atoms with van der Waals surface area (Å²) >= 11 is 4.74. The number of thiazole rings is 1. The van der Waals surface area contributed by atoms with E-state index in [0.717, 1.165) is 47.2 Å². The van der Waals surface area contributed by atoms with Crippen LogP contribution in [0, 0.1) is 0 Å². The standard InChI is InChI=1S/C21H22BrNO4S/c22-12-17(27-18-8-4-5-11-25-18)15-9-10-16(19-20(15)28-21(24)23-19)26-13-14-6-2-1-3-7-14/h1-3,6-7,9-10,17-18H,4-5,8,11-13H2,(H,23,24)/t17-,18?/m0/s1. The quantitative estimate of drug-likeness (QED) is 0.492. The van der Waals surface area contributed by atoms with Crippen molar-refractivity contribution in [1.29, 1.82) is 0 Å². The highest BCUT2D eigenvalue weighted by molar-refractivity contribution is 9.09. The Morgan fingerprint density at radius 1 is 1.21 bits per heavy atom. The molecule has 5 nitrogen and oxygen atoms in total. The van der Waals surface area contributed by atoms with Crippen molar-refractivity contribution in [2.75, 3.05) is 11.9 Å². The van der Waals surface area contributed by atoms with Gasteiger partial charge in [-0.1, -0.05) is 63.7 Å². The fourth-order valence-corrected chi connectivity index (χ4v) is 4.74. The minimum absolute atomic E-state index is 0.103. The molecule has 0 aliphatic carbocycles. The average Bonchev–Trinajstić information content (AvgIpc) is 3.13. The van der Waals surface area contributed by atoms with Crippen molar-refractivity contribution in [2.45, 2.75) is 38.3 Å². The van der Waals surface area contributed by atoms with Crippen molar-refractivity contribution in [1.82, 2.24) is 4.98 Å². The molecular weight excluding hydrogens is 442 g/mol. The number of alkyl halides is 1. The minimum Gasteiger partial charge on any atom is -0.487 e. The van der Waals surface area contributed by atoms with Crippen LogP contribution in [0.15, 0.2) is 47.3 Å². The van der Waals surface area contributed by atoms with Gasteiger partial charge in [0.25, 0.3) is 0 Å². The van der Waals surface area contributed by atoms with Gasteiger partial charge in [0.15, 0.2) is 6.29 Å². The van der Waals surface area contributed by atoms with Crippen LogP contribution in [0.25, 0.3) is 10.2 Å². The molecule has 0 spiro atoms. The number of benzene rings is 2. The van der Waals surface area contributed by atoms with Gasteiger partial charge >= 0.3 is 4.87 Å². The Bertz CT molecular complexity index is 965. The molecule has 1 N–H and O–H groups in total. The van der Waals surface area contributed by atoms with Crippen LogP contribution in [0.4, 0.5) is 0 Å². The molecule has 1 saturated heterocycles. The van der Waals surface area contributed by atoms with E-state index in [1.54, 1.807) is 0 Å². The first-order valence-corrected chi connectivity index (χ1v) is 11.3. The molecule has 148 valence electrons. The molecule has 2 aromatic carbocycles. The lowest BCUT2D eigenvalue weighted by molar-refractivity contribution is -0.184. The summed E-state index contributed by atoms with van der Waals surface area (Å²) in [6, 6.07) is 13.9. The van der Waals surface area contributed by atoms with Crippen LogP contribution >= 0.6 is 27.3 Å². The molecule has 3 aromatic rings. The van der Waals surface area contributed by atoms with Crippen LogP contribution in [0.2, 0.25) is 0 Å². The van der Waals surface area contributed by atoms with Gasteiger partial charge in [0.2, 0.25) is 0 Å². The van der Waals surface area contributed by atoms with Gasteiger partial charge in [-0.3, -0.25) is 4.79 Å². The molecule has 1 aliphatic heterocycles. The zero-order valence-electron chi connectivity index (χ0n) is 15.4. The van der Waals surface area contributed by atoms with E-state index in [-0.39, 0.29) is 17.3 Å². The van der Waals surface area contributed by atoms with E-state index in [9.17, 15) is 4.79 Å². The average molecular weight is 464 g/mol. The summed E-state index contributed by atoms with van der Waals surface area (Å²) in [6.45, 7) is 1.18. The molecule has 0 radical (unpaired) electrons. The first kappa shape index (κ1) is 19.6. The summed E-state index contributed by atoms with van der Waals surface area (Å²) in [5, 5.41) is 0.623. The smallest absolute Gasteiger partial charge is 0.305 e. The maximum absolute atomic E-state index is 12.1. The molecule has 0 bridgehead atoms. The summed E-state index contributed by atoms with van der Waals surface area (Å²) in [5.41, 5.74) is 2.77. The van der Waals surface area contributed by atoms with Gasteiger partial charge in [0.05, 0.1) is 10.8 Å². The number of halogens is 1. The van der Waals surface area contributed by atoms with Crippen molar-refractivity contribution < 1.29 is 14.2 Å². The molecule has 1 unspecified atom stereocenters. The van der Waals surface area contributed by atoms with E-state index in [1.807, 2.05) is 42.5 Å². The molecule has 2 atom stereocenters. The maximum Gasteiger partial charge on any atom is 0.305 e. The molecule has 0 saturated carbocycles. The molecule has 28 heavy (non-hydrogen) atoms. The topological polar surface area (TPSA) is 60.6 Å². The number of hydrogen-bond acceptors (Lipinski definition) is 5. The van der Waals surface area contributed by atoms with Crippen LogP contribution in [-0.2, 0) is 16.1 Å². The molecule has 7 heteroatoms. The Balaban J connectivity index is 1.59. The molecule has 1 fully saturated rings. The summed E-state index contributed by atoms with van der Waals surface area (Å²) in [6.07, 6.45) is 2.69. The fraction of sp³-hybridized carbons (Fsp3) is 0.381. The fourth-order valence-electron chi connectivity index (χ4n) is 3.33. The highest BCUT2D eigenvalue weighted by Gasteiger charge is 2.24. The van der Waals surface area contributed by atoms with Crippen LogP contribution < -0.4 is 9.61 Å². The highest BCUT2D eigenvalue weighted by atomic mass is 79.9. The van der Waals surface area contributed by atoms with Crippen LogP contribution in [-0.4, -0.2) is 23.2 Å². The summed E-state index contributed by atoms with van der Waals surface area (Å²) < 4.78 is 18.8. The van der Waals surface area contributed by atoms with Gasteiger partial charge in [0.1, 0.15) is 17.9 Å². The number of fused-ring (bicyclic) bond motifs is 1. The van der Waals surface area contributed by atoms with E-state index in [4.69, 9.17) is 14.2 Å². The van der Waals surface area contributed by atoms with E-state index in [2.05, 4.69) is 20.9 Å². The van der Waals surface area contributed by atoms with Gasteiger partial charge in [-0.15, -0.1) is 0 Å². The van der Waals surface area contributed by atoms with E-state index in [0.29, 0.717) is 17.7 Å². The maximum atomic E-state index is 12.1. The van der Waals surface area contributed by atoms with Crippen molar-refractivity contribution >= 4 is 37.5 Å². The number of H-pyrrole nitrogens is 1. The summed E-state index contributed by atoms with van der Waals surface area (Å²) in [7, 11) is 0. The normalized spacial score (nSPS) is 18.2. The Hall–Kier alpha value is -1.67. The zero-order chi connectivity index (χ0) is 19.3. The lowest BCUT2D eigenvalue weighted by Gasteiger charge is -2.27. The predicted molar refractivity (Wildman–Crippen MR) is 114 cm³/mol. The molecule has 1 aliphatic rings. The molecule has 1 aromatic heterocycles. The van der Waals surface area contributed by atoms with Gasteiger partial charge in [0, 0.05) is 17.5 Å². The number of hydrogen-bond donors (Lipinski definition) is 1. The predicted octanol–water partition coefficient (Wildman–Crippen LogP) is 5.15. The van der Waals surface area contributed by atoms with E-state index >= 15 is 0 Å². The second-order valence-corrected chi connectivity index (χ2v) is 8.35. The number of aromatic nitrogens is 1. The highest BCUT2D eigenvalue weighted by Crippen LogP contribution is 2.36. The Kier molecular flexibility index (Phi) is 6.47. The second-order valence-electron chi connectivity index (χ2n) is 6.72. The SMILES string of the molecule is O=c1[nH]c2c(OCc3ccccc3)ccc([C@H](CBr)OC3CCCCO3)c2s1. The van der Waals surface area contributed by atoms with Gasteiger partial charge in [-0.05, 0) is 30.9 Å². The van der Waals surface area contributed by atoms with Gasteiger partial charge in [-0.25, -0.2) is 0 Å². The lowest BCUT2D eigenvalue weighted by Crippen LogP contribution is -2.25. The van der Waals surface area contributed by atoms with Crippen LogP contribution in [0.5, 0.6) is 5.75 Å². The zero-order valence-corrected chi connectivity index (χ0v) is 17.8. The van der Waals surface area contributed by atoms with Crippen molar-refractivity contribution in [2.24, 2.45) is 0 Å². The molecule has 4 rings (SSSR count). The minimum atomic E-state index is -0.198. The van der Waals surface area contributed by atoms with Crippen molar-refractivity contribution in [3.63, 3.8) is 0 Å². The van der Waals surface area contributed by atoms with Crippen molar-refractivity contribution in [3.05, 3.63) is 63.3 Å². The number of aromatic amines is 1. The molecule has 0 amide bonds. The van der Waals surface area contributed by atoms with E-state index in [1.165, 1.54) is 11.3 Å². The Labute approximate surface area is 175 Å². The first-order valence-electron chi connectivity index (χ1n) is 9.40. The summed E-state index contributed by atoms with van der Waals surface area (Å²) in [4.78, 5) is 14.9. The van der Waals surface area contributed by atoms with Gasteiger partial charge in [-0.2, -0.15) is 0 Å². The second kappa shape index (κ2) is 9.22.